The van der Waals surface area contributed by atoms with E-state index in [-0.39, 0.29) is 0 Å². The van der Waals surface area contributed by atoms with Gasteiger partial charge in [-0.15, -0.1) is 0 Å². The summed E-state index contributed by atoms with van der Waals surface area (Å²) in [6.45, 7) is 8.65. The van der Waals surface area contributed by atoms with Gasteiger partial charge in [0, 0.05) is 25.6 Å². The Morgan fingerprint density at radius 3 is 2.65 bits per heavy atom. The van der Waals surface area contributed by atoms with Gasteiger partial charge >= 0.3 is 0 Å². The summed E-state index contributed by atoms with van der Waals surface area (Å²) in [7, 11) is 0. The Morgan fingerprint density at radius 1 is 1.18 bits per heavy atom. The van der Waals surface area contributed by atoms with Gasteiger partial charge in [-0.3, -0.25) is 0 Å². The third kappa shape index (κ3) is 4.99. The highest BCUT2D eigenvalue weighted by Crippen LogP contribution is 2.13. The summed E-state index contributed by atoms with van der Waals surface area (Å²) >= 11 is 0. The molecule has 0 unspecified atom stereocenters. The van der Waals surface area contributed by atoms with Gasteiger partial charge in [-0.2, -0.15) is 4.98 Å². The topological polar surface area (TPSA) is 56.3 Å². The molecule has 0 saturated carbocycles. The first-order chi connectivity index (χ1) is 8.30. The summed E-state index contributed by atoms with van der Waals surface area (Å²) in [5.74, 6) is 2.20. The minimum absolute atomic E-state index is 0.513. The van der Waals surface area contributed by atoms with E-state index in [1.54, 1.807) is 0 Å². The van der Waals surface area contributed by atoms with Crippen LogP contribution in [0.2, 0.25) is 0 Å². The van der Waals surface area contributed by atoms with E-state index >= 15 is 0 Å². The molecule has 1 heterocycles. The molecule has 0 aromatic carbocycles. The van der Waals surface area contributed by atoms with Crippen molar-refractivity contribution in [3.63, 3.8) is 0 Å². The van der Waals surface area contributed by atoms with Crippen LogP contribution < -0.4 is 10.1 Å². The summed E-state index contributed by atoms with van der Waals surface area (Å²) in [6, 6.07) is 1.81. The van der Waals surface area contributed by atoms with Crippen LogP contribution in [-0.2, 0) is 11.2 Å². The molecule has 0 aliphatic rings. The molecule has 1 rings (SSSR count). The average Bonchev–Trinajstić information content (AvgIpc) is 2.35. The average molecular weight is 239 g/mol. The highest BCUT2D eigenvalue weighted by Gasteiger charge is 2.03. The molecule has 0 amide bonds. The maximum Gasteiger partial charge on any atom is 0.218 e. The minimum atomic E-state index is 0.513. The van der Waals surface area contributed by atoms with E-state index in [1.165, 1.54) is 0 Å². The number of aryl methyl sites for hydroxylation is 1. The van der Waals surface area contributed by atoms with Crippen LogP contribution in [-0.4, -0.2) is 36.3 Å². The van der Waals surface area contributed by atoms with Crippen LogP contribution in [0, 0.1) is 0 Å². The SMILES string of the molecule is CCNc1cc(OCCOCC)nc(CC)n1. The van der Waals surface area contributed by atoms with Crippen molar-refractivity contribution in [3.05, 3.63) is 11.9 Å². The number of hydrogen-bond acceptors (Lipinski definition) is 5. The van der Waals surface area contributed by atoms with Gasteiger partial charge in [0.2, 0.25) is 5.88 Å². The van der Waals surface area contributed by atoms with Gasteiger partial charge in [-0.05, 0) is 13.8 Å². The molecule has 17 heavy (non-hydrogen) atoms. The molecule has 0 spiro atoms. The smallest absolute Gasteiger partial charge is 0.218 e. The Bertz CT molecular complexity index is 332. The largest absolute Gasteiger partial charge is 0.475 e. The van der Waals surface area contributed by atoms with Crippen molar-refractivity contribution in [1.82, 2.24) is 9.97 Å². The van der Waals surface area contributed by atoms with Gasteiger partial charge in [0.15, 0.2) is 0 Å². The molecule has 0 saturated heterocycles. The number of rotatable bonds is 8. The van der Waals surface area contributed by atoms with Crippen LogP contribution >= 0.6 is 0 Å². The van der Waals surface area contributed by atoms with Crippen LogP contribution in [0.5, 0.6) is 5.88 Å². The standard InChI is InChI=1S/C12H21N3O2/c1-4-10-14-11(13-5-2)9-12(15-10)17-8-7-16-6-3/h9H,4-8H2,1-3H3,(H,13,14,15). The second-order valence-corrected chi connectivity index (χ2v) is 3.44. The van der Waals surface area contributed by atoms with Gasteiger partial charge in [0.05, 0.1) is 6.61 Å². The first-order valence-corrected chi connectivity index (χ1v) is 6.12. The molecule has 5 heteroatoms. The lowest BCUT2D eigenvalue weighted by atomic mass is 10.4. The van der Waals surface area contributed by atoms with Gasteiger partial charge in [0.25, 0.3) is 0 Å². The number of nitrogens with one attached hydrogen (secondary N) is 1. The van der Waals surface area contributed by atoms with Crippen LogP contribution in [0.1, 0.15) is 26.6 Å². The Labute approximate surface area is 103 Å². The molecule has 0 fully saturated rings. The molecular formula is C12H21N3O2. The third-order valence-corrected chi connectivity index (χ3v) is 2.10. The lowest BCUT2D eigenvalue weighted by molar-refractivity contribution is 0.108. The molecule has 1 aromatic rings. The molecule has 1 N–H and O–H groups in total. The zero-order valence-corrected chi connectivity index (χ0v) is 10.8. The lowest BCUT2D eigenvalue weighted by Crippen LogP contribution is -2.09. The van der Waals surface area contributed by atoms with E-state index in [4.69, 9.17) is 9.47 Å². The van der Waals surface area contributed by atoms with Crippen molar-refractivity contribution in [1.29, 1.82) is 0 Å². The highest BCUT2D eigenvalue weighted by atomic mass is 16.5. The van der Waals surface area contributed by atoms with Gasteiger partial charge in [-0.1, -0.05) is 6.92 Å². The van der Waals surface area contributed by atoms with E-state index in [9.17, 15) is 0 Å². The molecule has 5 nitrogen and oxygen atoms in total. The van der Waals surface area contributed by atoms with Crippen molar-refractivity contribution >= 4 is 5.82 Å². The molecule has 96 valence electrons. The number of hydrogen-bond donors (Lipinski definition) is 1. The molecule has 0 aliphatic heterocycles. The summed E-state index contributed by atoms with van der Waals surface area (Å²) in [5.41, 5.74) is 0. The van der Waals surface area contributed by atoms with E-state index < -0.39 is 0 Å². The molecule has 0 radical (unpaired) electrons. The fourth-order valence-corrected chi connectivity index (χ4v) is 1.33. The maximum absolute atomic E-state index is 5.52. The fraction of sp³-hybridized carbons (Fsp3) is 0.667. The molecule has 0 bridgehead atoms. The zero-order chi connectivity index (χ0) is 12.5. The fourth-order valence-electron chi connectivity index (χ4n) is 1.33. The van der Waals surface area contributed by atoms with Crippen molar-refractivity contribution in [2.24, 2.45) is 0 Å². The summed E-state index contributed by atoms with van der Waals surface area (Å²) in [6.07, 6.45) is 0.793. The maximum atomic E-state index is 5.52. The van der Waals surface area contributed by atoms with Crippen LogP contribution in [0.25, 0.3) is 0 Å². The van der Waals surface area contributed by atoms with Gasteiger partial charge in [0.1, 0.15) is 18.2 Å². The summed E-state index contributed by atoms with van der Waals surface area (Å²) in [4.78, 5) is 8.66. The number of nitrogens with zero attached hydrogens (tertiary/aromatic N) is 2. The predicted octanol–water partition coefficient (Wildman–Crippen LogP) is 1.89. The van der Waals surface area contributed by atoms with Crippen molar-refractivity contribution in [3.8, 4) is 5.88 Å². The normalized spacial score (nSPS) is 10.3. The molecule has 0 atom stereocenters. The number of anilines is 1. The third-order valence-electron chi connectivity index (χ3n) is 2.10. The second kappa shape index (κ2) is 7.84. The summed E-state index contributed by atoms with van der Waals surface area (Å²) in [5, 5.41) is 3.16. The van der Waals surface area contributed by atoms with Crippen LogP contribution in [0.3, 0.4) is 0 Å². The number of ether oxygens (including phenoxy) is 2. The van der Waals surface area contributed by atoms with Crippen LogP contribution in [0.4, 0.5) is 5.82 Å². The first kappa shape index (κ1) is 13.7. The quantitative estimate of drug-likeness (QED) is 0.702. The Morgan fingerprint density at radius 2 is 2.00 bits per heavy atom. The van der Waals surface area contributed by atoms with E-state index in [0.29, 0.717) is 25.7 Å². The van der Waals surface area contributed by atoms with Crippen molar-refractivity contribution < 1.29 is 9.47 Å². The number of aromatic nitrogens is 2. The van der Waals surface area contributed by atoms with Crippen molar-refractivity contribution in [2.45, 2.75) is 27.2 Å². The monoisotopic (exact) mass is 239 g/mol. The highest BCUT2D eigenvalue weighted by molar-refractivity contribution is 5.38. The molecule has 1 aromatic heterocycles. The minimum Gasteiger partial charge on any atom is -0.475 e. The van der Waals surface area contributed by atoms with E-state index in [2.05, 4.69) is 15.3 Å². The van der Waals surface area contributed by atoms with Crippen LogP contribution in [0.15, 0.2) is 6.07 Å². The second-order valence-electron chi connectivity index (χ2n) is 3.44. The summed E-state index contributed by atoms with van der Waals surface area (Å²) < 4.78 is 10.7. The Balaban J connectivity index is 2.59. The van der Waals surface area contributed by atoms with Gasteiger partial charge < -0.3 is 14.8 Å². The molecular weight excluding hydrogens is 218 g/mol. The van der Waals surface area contributed by atoms with E-state index in [1.807, 2.05) is 26.8 Å². The van der Waals surface area contributed by atoms with Gasteiger partial charge in [-0.25, -0.2) is 4.98 Å². The zero-order valence-electron chi connectivity index (χ0n) is 10.8. The first-order valence-electron chi connectivity index (χ1n) is 6.12. The Kier molecular flexibility index (Phi) is 6.32. The molecule has 0 aliphatic carbocycles. The van der Waals surface area contributed by atoms with Crippen molar-refractivity contribution in [2.75, 3.05) is 31.7 Å². The van der Waals surface area contributed by atoms with E-state index in [0.717, 1.165) is 24.6 Å². The lowest BCUT2D eigenvalue weighted by Gasteiger charge is -2.09. The predicted molar refractivity (Wildman–Crippen MR) is 67.6 cm³/mol. The Hall–Kier alpha value is -1.36.